The third-order valence-corrected chi connectivity index (χ3v) is 3.51. The number of carboxylic acid groups (broad SMARTS) is 1. The second-order valence-corrected chi connectivity index (χ2v) is 5.35. The SMILES string of the molecule is CSCCCCCNC(=O)NC(C)C(C)C(=O)O. The molecule has 0 aromatic carbocycles. The van der Waals surface area contributed by atoms with Gasteiger partial charge in [-0.05, 0) is 38.7 Å². The molecule has 3 N–H and O–H groups in total. The van der Waals surface area contributed by atoms with Crippen LogP contribution < -0.4 is 10.6 Å². The number of carboxylic acids is 1. The smallest absolute Gasteiger partial charge is 0.315 e. The first-order valence-electron chi connectivity index (χ1n) is 6.25. The highest BCUT2D eigenvalue weighted by Crippen LogP contribution is 2.02. The Balaban J connectivity index is 3.62. The van der Waals surface area contributed by atoms with E-state index in [9.17, 15) is 9.59 Å². The molecule has 6 heteroatoms. The van der Waals surface area contributed by atoms with Crippen molar-refractivity contribution in [3.05, 3.63) is 0 Å². The molecule has 106 valence electrons. The van der Waals surface area contributed by atoms with Gasteiger partial charge in [-0.1, -0.05) is 6.42 Å². The van der Waals surface area contributed by atoms with E-state index < -0.39 is 11.9 Å². The first-order chi connectivity index (χ1) is 8.49. The summed E-state index contributed by atoms with van der Waals surface area (Å²) < 4.78 is 0. The molecule has 0 heterocycles. The number of rotatable bonds is 9. The van der Waals surface area contributed by atoms with E-state index >= 15 is 0 Å². The molecule has 18 heavy (non-hydrogen) atoms. The van der Waals surface area contributed by atoms with Gasteiger partial charge in [-0.25, -0.2) is 4.79 Å². The zero-order valence-corrected chi connectivity index (χ0v) is 12.2. The first kappa shape index (κ1) is 17.1. The van der Waals surface area contributed by atoms with Crippen LogP contribution in [0.4, 0.5) is 4.79 Å². The minimum absolute atomic E-state index is 0.291. The van der Waals surface area contributed by atoms with Crippen molar-refractivity contribution in [3.63, 3.8) is 0 Å². The minimum Gasteiger partial charge on any atom is -0.481 e. The Kier molecular flexibility index (Phi) is 9.55. The summed E-state index contributed by atoms with van der Waals surface area (Å²) in [4.78, 5) is 22.2. The largest absolute Gasteiger partial charge is 0.481 e. The second-order valence-electron chi connectivity index (χ2n) is 4.37. The summed E-state index contributed by atoms with van der Waals surface area (Å²) in [5.41, 5.74) is 0. The molecule has 0 radical (unpaired) electrons. The van der Waals surface area contributed by atoms with Gasteiger partial charge in [0.15, 0.2) is 0 Å². The monoisotopic (exact) mass is 276 g/mol. The highest BCUT2D eigenvalue weighted by atomic mass is 32.2. The zero-order chi connectivity index (χ0) is 14.0. The van der Waals surface area contributed by atoms with Crippen LogP contribution in [0.5, 0.6) is 0 Å². The lowest BCUT2D eigenvalue weighted by Crippen LogP contribution is -2.45. The second kappa shape index (κ2) is 10.1. The Morgan fingerprint density at radius 3 is 2.44 bits per heavy atom. The number of urea groups is 1. The Bertz CT molecular complexity index is 262. The van der Waals surface area contributed by atoms with Crippen LogP contribution in [0, 0.1) is 5.92 Å². The van der Waals surface area contributed by atoms with Gasteiger partial charge in [0.05, 0.1) is 5.92 Å². The van der Waals surface area contributed by atoms with Gasteiger partial charge in [0.25, 0.3) is 0 Å². The Morgan fingerprint density at radius 2 is 1.89 bits per heavy atom. The molecule has 0 aliphatic carbocycles. The van der Waals surface area contributed by atoms with Crippen LogP contribution in [0.2, 0.25) is 0 Å². The summed E-state index contributed by atoms with van der Waals surface area (Å²) in [5, 5.41) is 14.2. The van der Waals surface area contributed by atoms with Crippen LogP contribution in [0.25, 0.3) is 0 Å². The first-order valence-corrected chi connectivity index (χ1v) is 7.64. The lowest BCUT2D eigenvalue weighted by Gasteiger charge is -2.18. The molecule has 5 nitrogen and oxygen atoms in total. The molecule has 2 amide bonds. The Hall–Kier alpha value is -0.910. The Labute approximate surface area is 113 Å². The maximum Gasteiger partial charge on any atom is 0.315 e. The van der Waals surface area contributed by atoms with Gasteiger partial charge in [-0.2, -0.15) is 11.8 Å². The highest BCUT2D eigenvalue weighted by molar-refractivity contribution is 7.98. The number of nitrogens with one attached hydrogen (secondary N) is 2. The van der Waals surface area contributed by atoms with E-state index in [0.717, 1.165) is 25.0 Å². The van der Waals surface area contributed by atoms with Crippen molar-refractivity contribution in [3.8, 4) is 0 Å². The summed E-state index contributed by atoms with van der Waals surface area (Å²) in [7, 11) is 0. The van der Waals surface area contributed by atoms with Gasteiger partial charge in [-0.3, -0.25) is 4.79 Å². The van der Waals surface area contributed by atoms with E-state index in [1.54, 1.807) is 13.8 Å². The molecular formula is C12H24N2O3S. The number of aliphatic carboxylic acids is 1. The highest BCUT2D eigenvalue weighted by Gasteiger charge is 2.20. The van der Waals surface area contributed by atoms with Crippen LogP contribution in [0.15, 0.2) is 0 Å². The van der Waals surface area contributed by atoms with E-state index in [4.69, 9.17) is 5.11 Å². The van der Waals surface area contributed by atoms with Crippen LogP contribution >= 0.6 is 11.8 Å². The topological polar surface area (TPSA) is 78.4 Å². The van der Waals surface area contributed by atoms with E-state index in [1.807, 2.05) is 11.8 Å². The van der Waals surface area contributed by atoms with Gasteiger partial charge in [-0.15, -0.1) is 0 Å². The predicted molar refractivity (Wildman–Crippen MR) is 75.0 cm³/mol. The number of carbonyl (C=O) groups excluding carboxylic acids is 1. The van der Waals surface area contributed by atoms with Crippen LogP contribution in [-0.4, -0.2) is 41.7 Å². The maximum atomic E-state index is 11.5. The zero-order valence-electron chi connectivity index (χ0n) is 11.4. The summed E-state index contributed by atoms with van der Waals surface area (Å²) in [6, 6.07) is -0.667. The summed E-state index contributed by atoms with van der Waals surface area (Å²) >= 11 is 1.82. The summed E-state index contributed by atoms with van der Waals surface area (Å²) in [6.45, 7) is 3.90. The fourth-order valence-corrected chi connectivity index (χ4v) is 1.84. The lowest BCUT2D eigenvalue weighted by atomic mass is 10.0. The maximum absolute atomic E-state index is 11.5. The van der Waals surface area contributed by atoms with Crippen molar-refractivity contribution >= 4 is 23.8 Å². The number of carbonyl (C=O) groups is 2. The van der Waals surface area contributed by atoms with Gasteiger partial charge >= 0.3 is 12.0 Å². The number of hydrogen-bond donors (Lipinski definition) is 3. The van der Waals surface area contributed by atoms with Crippen molar-refractivity contribution < 1.29 is 14.7 Å². The van der Waals surface area contributed by atoms with Gasteiger partial charge in [0.1, 0.15) is 0 Å². The van der Waals surface area contributed by atoms with Crippen molar-refractivity contribution in [1.82, 2.24) is 10.6 Å². The molecule has 0 bridgehead atoms. The molecular weight excluding hydrogens is 252 g/mol. The lowest BCUT2D eigenvalue weighted by molar-refractivity contribution is -0.141. The standard InChI is InChI=1S/C12H24N2O3S/c1-9(11(15)16)10(2)14-12(17)13-7-5-4-6-8-18-3/h9-10H,4-8H2,1-3H3,(H,15,16)(H2,13,14,17). The third-order valence-electron chi connectivity index (χ3n) is 2.81. The average Bonchev–Trinajstić information content (AvgIpc) is 2.32. The molecule has 0 aliphatic heterocycles. The third kappa shape index (κ3) is 8.22. The van der Waals surface area contributed by atoms with Crippen LogP contribution in [-0.2, 0) is 4.79 Å². The molecule has 0 rings (SSSR count). The quantitative estimate of drug-likeness (QED) is 0.562. The predicted octanol–water partition coefficient (Wildman–Crippen LogP) is 1.93. The molecule has 0 saturated carbocycles. The average molecular weight is 276 g/mol. The van der Waals surface area contributed by atoms with E-state index in [0.29, 0.717) is 6.54 Å². The molecule has 0 aromatic rings. The molecule has 0 aromatic heterocycles. The van der Waals surface area contributed by atoms with Crippen LogP contribution in [0.1, 0.15) is 33.1 Å². The van der Waals surface area contributed by atoms with Gasteiger partial charge in [0.2, 0.25) is 0 Å². The summed E-state index contributed by atoms with van der Waals surface area (Å²) in [5.74, 6) is -0.337. The molecule has 0 spiro atoms. The van der Waals surface area contributed by atoms with Gasteiger partial charge < -0.3 is 15.7 Å². The van der Waals surface area contributed by atoms with Crippen molar-refractivity contribution in [2.75, 3.05) is 18.6 Å². The molecule has 0 saturated heterocycles. The van der Waals surface area contributed by atoms with Crippen molar-refractivity contribution in [2.45, 2.75) is 39.2 Å². The van der Waals surface area contributed by atoms with E-state index in [1.165, 1.54) is 0 Å². The molecule has 2 atom stereocenters. The minimum atomic E-state index is -0.903. The fraction of sp³-hybridized carbons (Fsp3) is 0.833. The number of hydrogen-bond acceptors (Lipinski definition) is 3. The number of amides is 2. The fourth-order valence-electron chi connectivity index (χ4n) is 1.35. The van der Waals surface area contributed by atoms with E-state index in [-0.39, 0.29) is 12.1 Å². The normalized spacial score (nSPS) is 13.7. The molecule has 0 fully saturated rings. The molecule has 2 unspecified atom stereocenters. The number of thioether (sulfide) groups is 1. The molecule has 0 aliphatic rings. The van der Waals surface area contributed by atoms with Gasteiger partial charge in [0, 0.05) is 12.6 Å². The summed E-state index contributed by atoms with van der Waals surface area (Å²) in [6.07, 6.45) is 5.30. The van der Waals surface area contributed by atoms with Crippen molar-refractivity contribution in [1.29, 1.82) is 0 Å². The van der Waals surface area contributed by atoms with E-state index in [2.05, 4.69) is 16.9 Å². The van der Waals surface area contributed by atoms with Crippen molar-refractivity contribution in [2.24, 2.45) is 5.92 Å². The number of unbranched alkanes of at least 4 members (excludes halogenated alkanes) is 2. The van der Waals surface area contributed by atoms with Crippen LogP contribution in [0.3, 0.4) is 0 Å². The Morgan fingerprint density at radius 1 is 1.22 bits per heavy atom.